The SMILES string of the molecule is COC[C@@H](c1ccc(C(F)(F)F)cc1)N1CCN(C2(C)CCN(C(=O)c3c(C)nn(C)c3C)CC2)C[C@@H]1C. The minimum atomic E-state index is -4.35. The molecule has 0 bridgehead atoms. The Labute approximate surface area is 223 Å². The average molecular weight is 536 g/mol. The molecule has 0 N–H and O–H groups in total. The van der Waals surface area contributed by atoms with Gasteiger partial charge in [0, 0.05) is 64.2 Å². The van der Waals surface area contributed by atoms with E-state index in [-0.39, 0.29) is 23.5 Å². The van der Waals surface area contributed by atoms with Crippen LogP contribution in [0.3, 0.4) is 0 Å². The summed E-state index contributed by atoms with van der Waals surface area (Å²) in [5.41, 5.74) is 2.56. The molecule has 2 atom stereocenters. The van der Waals surface area contributed by atoms with Gasteiger partial charge in [-0.1, -0.05) is 12.1 Å². The van der Waals surface area contributed by atoms with Crippen LogP contribution in [0.5, 0.6) is 0 Å². The quantitative estimate of drug-likeness (QED) is 0.548. The maximum absolute atomic E-state index is 13.3. The molecule has 0 saturated carbocycles. The lowest BCUT2D eigenvalue weighted by atomic mass is 9.86. The number of hydrogen-bond acceptors (Lipinski definition) is 5. The van der Waals surface area contributed by atoms with Crippen molar-refractivity contribution in [2.75, 3.05) is 46.4 Å². The molecule has 2 aliphatic rings. The maximum Gasteiger partial charge on any atom is 0.416 e. The Morgan fingerprint density at radius 1 is 1.13 bits per heavy atom. The Balaban J connectivity index is 1.40. The van der Waals surface area contributed by atoms with Crippen molar-refractivity contribution >= 4 is 5.91 Å². The second-order valence-electron chi connectivity index (χ2n) is 11.1. The number of carbonyl (C=O) groups excluding carboxylic acids is 1. The number of aryl methyl sites for hydroxylation is 2. The van der Waals surface area contributed by atoms with E-state index in [2.05, 4.69) is 28.7 Å². The second kappa shape index (κ2) is 11.0. The molecule has 38 heavy (non-hydrogen) atoms. The Morgan fingerprint density at radius 3 is 2.26 bits per heavy atom. The molecule has 3 heterocycles. The fraction of sp³-hybridized carbons (Fsp3) is 0.643. The van der Waals surface area contributed by atoms with E-state index in [0.717, 1.165) is 61.6 Å². The molecule has 0 unspecified atom stereocenters. The van der Waals surface area contributed by atoms with Crippen molar-refractivity contribution < 1.29 is 22.7 Å². The van der Waals surface area contributed by atoms with Crippen molar-refractivity contribution in [2.24, 2.45) is 7.05 Å². The molecule has 210 valence electrons. The molecular weight excluding hydrogens is 495 g/mol. The molecule has 0 spiro atoms. The maximum atomic E-state index is 13.3. The number of ether oxygens (including phenoxy) is 1. The molecule has 2 fully saturated rings. The van der Waals surface area contributed by atoms with Crippen LogP contribution < -0.4 is 0 Å². The number of rotatable bonds is 6. The first-order chi connectivity index (χ1) is 17.9. The van der Waals surface area contributed by atoms with Crippen LogP contribution in [0, 0.1) is 13.8 Å². The summed E-state index contributed by atoms with van der Waals surface area (Å²) < 4.78 is 46.5. The van der Waals surface area contributed by atoms with Gasteiger partial charge in [-0.05, 0) is 58.2 Å². The van der Waals surface area contributed by atoms with E-state index in [9.17, 15) is 18.0 Å². The Hall–Kier alpha value is -2.43. The Bertz CT molecular complexity index is 1120. The zero-order valence-corrected chi connectivity index (χ0v) is 23.3. The van der Waals surface area contributed by atoms with Crippen LogP contribution in [0.1, 0.15) is 65.6 Å². The Morgan fingerprint density at radius 2 is 1.76 bits per heavy atom. The monoisotopic (exact) mass is 535 g/mol. The zero-order valence-electron chi connectivity index (χ0n) is 23.3. The summed E-state index contributed by atoms with van der Waals surface area (Å²) in [6, 6.07) is 5.55. The number of piperazine rings is 1. The smallest absolute Gasteiger partial charge is 0.383 e. The average Bonchev–Trinajstić information content (AvgIpc) is 3.13. The number of alkyl halides is 3. The van der Waals surface area contributed by atoms with E-state index in [0.29, 0.717) is 25.3 Å². The van der Waals surface area contributed by atoms with Gasteiger partial charge in [-0.3, -0.25) is 19.3 Å². The van der Waals surface area contributed by atoms with E-state index < -0.39 is 11.7 Å². The lowest BCUT2D eigenvalue weighted by Crippen LogP contribution is -2.62. The van der Waals surface area contributed by atoms with E-state index in [1.807, 2.05) is 25.8 Å². The number of hydrogen-bond donors (Lipinski definition) is 0. The molecule has 2 aliphatic heterocycles. The lowest BCUT2D eigenvalue weighted by Gasteiger charge is -2.52. The molecule has 0 aliphatic carbocycles. The van der Waals surface area contributed by atoms with Gasteiger partial charge in [0.1, 0.15) is 0 Å². The zero-order chi connectivity index (χ0) is 27.8. The third-order valence-electron chi connectivity index (χ3n) is 8.64. The number of nitrogens with zero attached hydrogens (tertiary/aromatic N) is 5. The first kappa shape index (κ1) is 28.6. The van der Waals surface area contributed by atoms with Gasteiger partial charge in [-0.25, -0.2) is 0 Å². The van der Waals surface area contributed by atoms with Crippen molar-refractivity contribution in [3.8, 4) is 0 Å². The van der Waals surface area contributed by atoms with Crippen LogP contribution in [-0.4, -0.2) is 88.4 Å². The highest BCUT2D eigenvalue weighted by atomic mass is 19.4. The van der Waals surface area contributed by atoms with Gasteiger partial charge in [0.05, 0.1) is 29.5 Å². The lowest BCUT2D eigenvalue weighted by molar-refractivity contribution is -0.137. The van der Waals surface area contributed by atoms with Crippen LogP contribution in [-0.2, 0) is 18.0 Å². The standard InChI is InChI=1S/C28H40F3N5O2/c1-19-17-35(15-16-36(19)24(18-38-6)22-7-9-23(10-8-22)28(29,30)31)27(4)11-13-34(14-12-27)26(37)25-20(2)32-33(5)21(25)3/h7-10,19,24H,11-18H2,1-6H3/t19-,24-/m0/s1. The van der Waals surface area contributed by atoms with Gasteiger partial charge in [-0.15, -0.1) is 0 Å². The van der Waals surface area contributed by atoms with E-state index >= 15 is 0 Å². The van der Waals surface area contributed by atoms with Gasteiger partial charge in [0.2, 0.25) is 0 Å². The fourth-order valence-corrected chi connectivity index (χ4v) is 6.11. The molecule has 7 nitrogen and oxygen atoms in total. The summed E-state index contributed by atoms with van der Waals surface area (Å²) in [6.45, 7) is 12.6. The highest BCUT2D eigenvalue weighted by Gasteiger charge is 2.41. The summed E-state index contributed by atoms with van der Waals surface area (Å²) in [6.07, 6.45) is -2.56. The number of aromatic nitrogens is 2. The van der Waals surface area contributed by atoms with Crippen molar-refractivity contribution in [2.45, 2.75) is 64.3 Å². The molecule has 4 rings (SSSR count). The second-order valence-corrected chi connectivity index (χ2v) is 11.1. The number of methoxy groups -OCH3 is 1. The largest absolute Gasteiger partial charge is 0.416 e. The minimum absolute atomic E-state index is 0.0126. The fourth-order valence-electron chi connectivity index (χ4n) is 6.11. The molecule has 2 saturated heterocycles. The number of benzene rings is 1. The van der Waals surface area contributed by atoms with E-state index in [1.54, 1.807) is 23.9 Å². The van der Waals surface area contributed by atoms with Crippen molar-refractivity contribution in [1.82, 2.24) is 24.5 Å². The van der Waals surface area contributed by atoms with Crippen LogP contribution in [0.2, 0.25) is 0 Å². The van der Waals surface area contributed by atoms with Crippen LogP contribution in [0.25, 0.3) is 0 Å². The Kier molecular flexibility index (Phi) is 8.26. The van der Waals surface area contributed by atoms with Gasteiger partial charge >= 0.3 is 6.18 Å². The van der Waals surface area contributed by atoms with Crippen molar-refractivity contribution in [1.29, 1.82) is 0 Å². The normalized spacial score (nSPS) is 22.0. The molecule has 10 heteroatoms. The molecule has 2 aromatic rings. The topological polar surface area (TPSA) is 53.8 Å². The molecule has 1 aromatic carbocycles. The number of halogens is 3. The number of likely N-dealkylation sites (tertiary alicyclic amines) is 1. The van der Waals surface area contributed by atoms with Gasteiger partial charge < -0.3 is 9.64 Å². The van der Waals surface area contributed by atoms with E-state index in [4.69, 9.17) is 4.74 Å². The molecule has 0 radical (unpaired) electrons. The number of carbonyl (C=O) groups is 1. The highest BCUT2D eigenvalue weighted by Crippen LogP contribution is 2.35. The number of piperidine rings is 1. The van der Waals surface area contributed by atoms with Crippen LogP contribution in [0.4, 0.5) is 13.2 Å². The summed E-state index contributed by atoms with van der Waals surface area (Å²) in [5, 5.41) is 4.41. The third kappa shape index (κ3) is 5.62. The van der Waals surface area contributed by atoms with Gasteiger partial charge in [0.15, 0.2) is 0 Å². The van der Waals surface area contributed by atoms with Crippen LogP contribution in [0.15, 0.2) is 24.3 Å². The molecule has 1 amide bonds. The van der Waals surface area contributed by atoms with Crippen LogP contribution >= 0.6 is 0 Å². The predicted octanol–water partition coefficient (Wildman–Crippen LogP) is 4.44. The first-order valence-electron chi connectivity index (χ1n) is 13.3. The first-order valence-corrected chi connectivity index (χ1v) is 13.3. The van der Waals surface area contributed by atoms with Gasteiger partial charge in [0.25, 0.3) is 5.91 Å². The van der Waals surface area contributed by atoms with Crippen molar-refractivity contribution in [3.63, 3.8) is 0 Å². The van der Waals surface area contributed by atoms with Gasteiger partial charge in [-0.2, -0.15) is 18.3 Å². The highest BCUT2D eigenvalue weighted by molar-refractivity contribution is 5.96. The summed E-state index contributed by atoms with van der Waals surface area (Å²) in [7, 11) is 3.49. The summed E-state index contributed by atoms with van der Waals surface area (Å²) in [5.74, 6) is 0.0623. The summed E-state index contributed by atoms with van der Waals surface area (Å²) >= 11 is 0. The number of amides is 1. The van der Waals surface area contributed by atoms with E-state index in [1.165, 1.54) is 0 Å². The molecular formula is C28H40F3N5O2. The van der Waals surface area contributed by atoms with Crippen molar-refractivity contribution in [3.05, 3.63) is 52.3 Å². The third-order valence-corrected chi connectivity index (χ3v) is 8.64. The molecule has 1 aromatic heterocycles. The minimum Gasteiger partial charge on any atom is -0.383 e. The predicted molar refractivity (Wildman–Crippen MR) is 140 cm³/mol. The summed E-state index contributed by atoms with van der Waals surface area (Å²) in [4.78, 5) is 20.1.